The molecule has 0 saturated carbocycles. The van der Waals surface area contributed by atoms with E-state index in [-0.39, 0.29) is 0 Å². The fourth-order valence-electron chi connectivity index (χ4n) is 3.66. The molecular weight excluding hydrogens is 352 g/mol. The predicted molar refractivity (Wildman–Crippen MR) is 114 cm³/mol. The van der Waals surface area contributed by atoms with E-state index in [4.69, 9.17) is 4.98 Å². The molecule has 27 heavy (non-hydrogen) atoms. The summed E-state index contributed by atoms with van der Waals surface area (Å²) in [6.07, 6.45) is 6.88. The lowest BCUT2D eigenvalue weighted by Crippen LogP contribution is -2.34. The second-order valence-electron chi connectivity index (χ2n) is 7.10. The van der Waals surface area contributed by atoms with Gasteiger partial charge in [0.15, 0.2) is 5.65 Å². The largest absolute Gasteiger partial charge is 0.357 e. The number of aromatic nitrogens is 2. The highest BCUT2D eigenvalue weighted by atomic mass is 32.2. The number of pyridine rings is 2. The van der Waals surface area contributed by atoms with E-state index in [2.05, 4.69) is 63.1 Å². The Morgan fingerprint density at radius 3 is 2.70 bits per heavy atom. The summed E-state index contributed by atoms with van der Waals surface area (Å²) in [6.45, 7) is 3.27. The van der Waals surface area contributed by atoms with Gasteiger partial charge in [-0.05, 0) is 79.9 Å². The van der Waals surface area contributed by atoms with E-state index in [0.29, 0.717) is 0 Å². The van der Waals surface area contributed by atoms with E-state index in [1.165, 1.54) is 30.6 Å². The third kappa shape index (κ3) is 4.99. The predicted octanol–water partition coefficient (Wildman–Crippen LogP) is 4.92. The average molecular weight is 379 g/mol. The van der Waals surface area contributed by atoms with E-state index >= 15 is 0 Å². The van der Waals surface area contributed by atoms with Crippen LogP contribution in [0.15, 0.2) is 65.7 Å². The molecule has 1 aliphatic rings. The van der Waals surface area contributed by atoms with E-state index in [0.717, 1.165) is 42.4 Å². The third-order valence-electron chi connectivity index (χ3n) is 5.21. The van der Waals surface area contributed by atoms with Crippen LogP contribution in [-0.4, -0.2) is 29.6 Å². The standard InChI is InChI=1S/C22H26N4S/c1-2-8-20(9-3-1)27-24-15-4-6-18-12-16-26(17-13-18)21-11-10-19-7-5-14-23-22(19)25-21/h1-3,5,7-11,14,18,24H,4,6,12-13,15-17H2. The lowest BCUT2D eigenvalue weighted by atomic mass is 9.92. The van der Waals surface area contributed by atoms with Crippen molar-refractivity contribution in [1.82, 2.24) is 14.7 Å². The number of hydrogen-bond acceptors (Lipinski definition) is 5. The van der Waals surface area contributed by atoms with Crippen LogP contribution in [0.2, 0.25) is 0 Å². The molecule has 1 fully saturated rings. The molecule has 5 heteroatoms. The molecule has 4 nitrogen and oxygen atoms in total. The Balaban J connectivity index is 1.18. The Labute approximate surface area is 165 Å². The number of anilines is 1. The topological polar surface area (TPSA) is 41.0 Å². The molecule has 2 aromatic heterocycles. The lowest BCUT2D eigenvalue weighted by molar-refractivity contribution is 0.372. The second kappa shape index (κ2) is 9.20. The fraction of sp³-hybridized carbons (Fsp3) is 0.364. The highest BCUT2D eigenvalue weighted by Crippen LogP contribution is 2.26. The normalized spacial score (nSPS) is 15.3. The first kappa shape index (κ1) is 18.3. The minimum Gasteiger partial charge on any atom is -0.357 e. The van der Waals surface area contributed by atoms with Gasteiger partial charge in [-0.1, -0.05) is 18.2 Å². The van der Waals surface area contributed by atoms with Gasteiger partial charge in [-0.3, -0.25) is 4.72 Å². The third-order valence-corrected chi connectivity index (χ3v) is 6.07. The van der Waals surface area contributed by atoms with Crippen molar-refractivity contribution >= 4 is 28.8 Å². The van der Waals surface area contributed by atoms with Crippen molar-refractivity contribution < 1.29 is 0 Å². The highest BCUT2D eigenvalue weighted by molar-refractivity contribution is 7.97. The molecule has 1 aliphatic heterocycles. The molecular formula is C22H26N4S. The first-order valence-corrected chi connectivity index (χ1v) is 10.6. The van der Waals surface area contributed by atoms with Crippen molar-refractivity contribution in [2.45, 2.75) is 30.6 Å². The Bertz CT molecular complexity index is 847. The van der Waals surface area contributed by atoms with Crippen molar-refractivity contribution in [3.8, 4) is 0 Å². The van der Waals surface area contributed by atoms with Crippen molar-refractivity contribution in [3.63, 3.8) is 0 Å². The molecule has 4 rings (SSSR count). The van der Waals surface area contributed by atoms with Crippen LogP contribution in [0.4, 0.5) is 5.82 Å². The number of fused-ring (bicyclic) bond motifs is 1. The van der Waals surface area contributed by atoms with E-state index in [1.807, 2.05) is 12.3 Å². The van der Waals surface area contributed by atoms with Gasteiger partial charge < -0.3 is 4.90 Å². The molecule has 1 saturated heterocycles. The molecule has 0 spiro atoms. The van der Waals surface area contributed by atoms with Crippen molar-refractivity contribution in [2.75, 3.05) is 24.5 Å². The summed E-state index contributed by atoms with van der Waals surface area (Å²) in [5.41, 5.74) is 0.846. The van der Waals surface area contributed by atoms with Gasteiger partial charge >= 0.3 is 0 Å². The first-order chi connectivity index (χ1) is 13.4. The van der Waals surface area contributed by atoms with Gasteiger partial charge in [-0.15, -0.1) is 0 Å². The summed E-state index contributed by atoms with van der Waals surface area (Å²) >= 11 is 1.73. The molecule has 0 unspecified atom stereocenters. The van der Waals surface area contributed by atoms with Crippen LogP contribution in [-0.2, 0) is 0 Å². The van der Waals surface area contributed by atoms with Gasteiger partial charge in [0.2, 0.25) is 0 Å². The van der Waals surface area contributed by atoms with Crippen LogP contribution in [0, 0.1) is 5.92 Å². The number of nitrogens with zero attached hydrogens (tertiary/aromatic N) is 3. The summed E-state index contributed by atoms with van der Waals surface area (Å²) in [5, 5.41) is 1.11. The number of piperidine rings is 1. The highest BCUT2D eigenvalue weighted by Gasteiger charge is 2.20. The molecule has 0 amide bonds. The average Bonchev–Trinajstić information content (AvgIpc) is 2.74. The Hall–Kier alpha value is -2.11. The summed E-state index contributed by atoms with van der Waals surface area (Å²) in [5.74, 6) is 1.91. The monoisotopic (exact) mass is 378 g/mol. The van der Waals surface area contributed by atoms with Gasteiger partial charge in [0, 0.05) is 36.1 Å². The minimum absolute atomic E-state index is 0.836. The summed E-state index contributed by atoms with van der Waals surface area (Å²) in [4.78, 5) is 12.8. The quantitative estimate of drug-likeness (QED) is 0.467. The van der Waals surface area contributed by atoms with Crippen LogP contribution in [0.25, 0.3) is 11.0 Å². The Kier molecular flexibility index (Phi) is 6.22. The lowest BCUT2D eigenvalue weighted by Gasteiger charge is -2.33. The summed E-state index contributed by atoms with van der Waals surface area (Å²) in [6, 6.07) is 18.8. The van der Waals surface area contributed by atoms with Crippen molar-refractivity contribution in [2.24, 2.45) is 5.92 Å². The molecule has 0 atom stereocenters. The molecule has 0 aliphatic carbocycles. The van der Waals surface area contributed by atoms with Gasteiger partial charge in [0.25, 0.3) is 0 Å². The molecule has 3 aromatic rings. The molecule has 0 radical (unpaired) electrons. The molecule has 1 N–H and O–H groups in total. The minimum atomic E-state index is 0.836. The molecule has 140 valence electrons. The maximum atomic E-state index is 4.74. The maximum Gasteiger partial charge on any atom is 0.161 e. The first-order valence-electron chi connectivity index (χ1n) is 9.80. The van der Waals surface area contributed by atoms with Crippen LogP contribution in [0.1, 0.15) is 25.7 Å². The molecule has 3 heterocycles. The van der Waals surface area contributed by atoms with Gasteiger partial charge in [0.1, 0.15) is 5.82 Å². The second-order valence-corrected chi connectivity index (χ2v) is 8.07. The summed E-state index contributed by atoms with van der Waals surface area (Å²) < 4.78 is 3.48. The summed E-state index contributed by atoms with van der Waals surface area (Å²) in [7, 11) is 0. The SMILES string of the molecule is c1ccc(SNCCCC2CCN(c3ccc4cccnc4n3)CC2)cc1. The zero-order valence-electron chi connectivity index (χ0n) is 15.6. The van der Waals surface area contributed by atoms with Crippen LogP contribution >= 0.6 is 11.9 Å². The zero-order valence-corrected chi connectivity index (χ0v) is 16.4. The van der Waals surface area contributed by atoms with E-state index in [9.17, 15) is 0 Å². The van der Waals surface area contributed by atoms with Crippen LogP contribution in [0.5, 0.6) is 0 Å². The molecule has 1 aromatic carbocycles. The number of hydrogen-bond donors (Lipinski definition) is 1. The van der Waals surface area contributed by atoms with Gasteiger partial charge in [-0.25, -0.2) is 9.97 Å². The number of benzene rings is 1. The van der Waals surface area contributed by atoms with Crippen molar-refractivity contribution in [3.05, 3.63) is 60.8 Å². The maximum absolute atomic E-state index is 4.74. The van der Waals surface area contributed by atoms with Crippen LogP contribution < -0.4 is 9.62 Å². The van der Waals surface area contributed by atoms with Gasteiger partial charge in [-0.2, -0.15) is 0 Å². The van der Waals surface area contributed by atoms with Crippen LogP contribution in [0.3, 0.4) is 0 Å². The molecule has 0 bridgehead atoms. The zero-order chi connectivity index (χ0) is 18.3. The smallest absolute Gasteiger partial charge is 0.161 e. The van der Waals surface area contributed by atoms with Gasteiger partial charge in [0.05, 0.1) is 0 Å². The van der Waals surface area contributed by atoms with Crippen molar-refractivity contribution in [1.29, 1.82) is 0 Å². The Morgan fingerprint density at radius 1 is 1.00 bits per heavy atom. The fourth-order valence-corrected chi connectivity index (χ4v) is 4.36. The van der Waals surface area contributed by atoms with E-state index < -0.39 is 0 Å². The number of rotatable bonds is 7. The number of nitrogens with one attached hydrogen (secondary N) is 1. The Morgan fingerprint density at radius 2 is 1.85 bits per heavy atom. The van der Waals surface area contributed by atoms with E-state index in [1.54, 1.807) is 11.9 Å².